The number of carbonyl (C=O) groups excluding carboxylic acids is 1. The van der Waals surface area contributed by atoms with E-state index in [1.165, 1.54) is 0 Å². The van der Waals surface area contributed by atoms with Crippen LogP contribution in [0.1, 0.15) is 67.2 Å². The number of rotatable bonds is 2. The van der Waals surface area contributed by atoms with Crippen LogP contribution in [0.2, 0.25) is 0 Å². The Balaban J connectivity index is 2.73. The van der Waals surface area contributed by atoms with Gasteiger partial charge in [0, 0.05) is 6.04 Å². The van der Waals surface area contributed by atoms with Crippen LogP contribution in [0, 0.1) is 17.3 Å². The van der Waals surface area contributed by atoms with Crippen LogP contribution in [0.3, 0.4) is 0 Å². The van der Waals surface area contributed by atoms with Gasteiger partial charge in [0.25, 0.3) is 0 Å². The Morgan fingerprint density at radius 2 is 1.85 bits per heavy atom. The molecule has 0 aromatic carbocycles. The van der Waals surface area contributed by atoms with Gasteiger partial charge in [-0.25, -0.2) is 4.79 Å². The van der Waals surface area contributed by atoms with Gasteiger partial charge in [-0.3, -0.25) is 4.90 Å². The van der Waals surface area contributed by atoms with Crippen LogP contribution in [0.15, 0.2) is 0 Å². The SMILES string of the molecule is CC#CCN(C(=O)OC(C)(C)C)C1CCC(C)(C)CC1. The predicted molar refractivity (Wildman–Crippen MR) is 82.4 cm³/mol. The van der Waals surface area contributed by atoms with Crippen LogP contribution in [0.5, 0.6) is 0 Å². The number of hydrogen-bond donors (Lipinski definition) is 0. The smallest absolute Gasteiger partial charge is 0.411 e. The first-order chi connectivity index (χ1) is 9.14. The van der Waals surface area contributed by atoms with Gasteiger partial charge in [-0.15, -0.1) is 5.92 Å². The van der Waals surface area contributed by atoms with E-state index in [0.717, 1.165) is 25.7 Å². The molecule has 0 saturated heterocycles. The quantitative estimate of drug-likeness (QED) is 0.708. The third-order valence-corrected chi connectivity index (χ3v) is 3.80. The molecule has 0 spiro atoms. The van der Waals surface area contributed by atoms with E-state index in [4.69, 9.17) is 4.74 Å². The fourth-order valence-electron chi connectivity index (χ4n) is 2.52. The highest BCUT2D eigenvalue weighted by molar-refractivity contribution is 5.69. The standard InChI is InChI=1S/C17H29NO2/c1-7-8-13-18(15(19)20-16(2,3)4)14-9-11-17(5,6)12-10-14/h14H,9-13H2,1-6H3. The second-order valence-corrected chi connectivity index (χ2v) is 7.43. The summed E-state index contributed by atoms with van der Waals surface area (Å²) >= 11 is 0. The summed E-state index contributed by atoms with van der Waals surface area (Å²) in [7, 11) is 0. The van der Waals surface area contributed by atoms with Gasteiger partial charge in [0.1, 0.15) is 5.60 Å². The maximum absolute atomic E-state index is 12.4. The molecule has 20 heavy (non-hydrogen) atoms. The summed E-state index contributed by atoms with van der Waals surface area (Å²) in [5.74, 6) is 5.88. The van der Waals surface area contributed by atoms with Crippen LogP contribution in [-0.4, -0.2) is 29.2 Å². The van der Waals surface area contributed by atoms with E-state index < -0.39 is 5.60 Å². The molecule has 0 bridgehead atoms. The van der Waals surface area contributed by atoms with Gasteiger partial charge in [0.05, 0.1) is 6.54 Å². The molecule has 1 fully saturated rings. The number of ether oxygens (including phenoxy) is 1. The third-order valence-electron chi connectivity index (χ3n) is 3.80. The van der Waals surface area contributed by atoms with Crippen LogP contribution in [-0.2, 0) is 4.74 Å². The second kappa shape index (κ2) is 6.52. The van der Waals surface area contributed by atoms with Crippen molar-refractivity contribution in [2.24, 2.45) is 5.41 Å². The molecule has 0 aromatic rings. The molecule has 3 heteroatoms. The van der Waals surface area contributed by atoms with E-state index in [2.05, 4.69) is 25.7 Å². The summed E-state index contributed by atoms with van der Waals surface area (Å²) < 4.78 is 5.52. The monoisotopic (exact) mass is 279 g/mol. The minimum Gasteiger partial charge on any atom is -0.444 e. The molecule has 0 N–H and O–H groups in total. The molecule has 1 amide bonds. The average molecular weight is 279 g/mol. The third kappa shape index (κ3) is 5.45. The maximum atomic E-state index is 12.4. The molecule has 1 aliphatic rings. The molecule has 1 saturated carbocycles. The van der Waals surface area contributed by atoms with Crippen molar-refractivity contribution in [3.8, 4) is 11.8 Å². The minimum atomic E-state index is -0.455. The summed E-state index contributed by atoms with van der Waals surface area (Å²) in [5.41, 5.74) is -0.0601. The lowest BCUT2D eigenvalue weighted by molar-refractivity contribution is 0.0110. The highest BCUT2D eigenvalue weighted by Crippen LogP contribution is 2.37. The lowest BCUT2D eigenvalue weighted by atomic mass is 9.75. The van der Waals surface area contributed by atoms with Crippen molar-refractivity contribution in [2.75, 3.05) is 6.54 Å². The van der Waals surface area contributed by atoms with Gasteiger partial charge < -0.3 is 4.74 Å². The Morgan fingerprint density at radius 1 is 1.30 bits per heavy atom. The molecule has 0 aliphatic heterocycles. The molecule has 0 radical (unpaired) electrons. The lowest BCUT2D eigenvalue weighted by Crippen LogP contribution is -2.46. The Labute approximate surface area is 124 Å². The second-order valence-electron chi connectivity index (χ2n) is 7.43. The molecule has 1 rings (SSSR count). The zero-order valence-corrected chi connectivity index (χ0v) is 13.9. The molecule has 114 valence electrons. The van der Waals surface area contributed by atoms with Gasteiger partial charge in [-0.1, -0.05) is 19.8 Å². The molecule has 0 atom stereocenters. The van der Waals surface area contributed by atoms with Crippen molar-refractivity contribution >= 4 is 6.09 Å². The fourth-order valence-corrected chi connectivity index (χ4v) is 2.52. The summed E-state index contributed by atoms with van der Waals surface area (Å²) in [4.78, 5) is 14.2. The van der Waals surface area contributed by atoms with Gasteiger partial charge in [-0.05, 0) is 58.8 Å². The highest BCUT2D eigenvalue weighted by atomic mass is 16.6. The molecule has 0 heterocycles. The van der Waals surface area contributed by atoms with Crippen LogP contribution in [0.4, 0.5) is 4.79 Å². The minimum absolute atomic E-state index is 0.232. The number of carbonyl (C=O) groups is 1. The van der Waals surface area contributed by atoms with Crippen molar-refractivity contribution in [1.29, 1.82) is 0 Å². The zero-order chi connectivity index (χ0) is 15.4. The Morgan fingerprint density at radius 3 is 2.30 bits per heavy atom. The Bertz CT molecular complexity index is 385. The van der Waals surface area contributed by atoms with Gasteiger partial charge in [0.15, 0.2) is 0 Å². The first-order valence-electron chi connectivity index (χ1n) is 7.54. The molecular formula is C17H29NO2. The van der Waals surface area contributed by atoms with Gasteiger partial charge in [0.2, 0.25) is 0 Å². The summed E-state index contributed by atoms with van der Waals surface area (Å²) in [6.07, 6.45) is 4.15. The maximum Gasteiger partial charge on any atom is 0.411 e. The van der Waals surface area contributed by atoms with Crippen molar-refractivity contribution in [3.05, 3.63) is 0 Å². The highest BCUT2D eigenvalue weighted by Gasteiger charge is 2.33. The number of nitrogens with zero attached hydrogens (tertiary/aromatic N) is 1. The predicted octanol–water partition coefficient (Wildman–Crippen LogP) is 4.22. The topological polar surface area (TPSA) is 29.5 Å². The van der Waals surface area contributed by atoms with Crippen molar-refractivity contribution in [1.82, 2.24) is 4.90 Å². The molecule has 3 nitrogen and oxygen atoms in total. The van der Waals surface area contributed by atoms with Crippen LogP contribution in [0.25, 0.3) is 0 Å². The molecule has 1 aliphatic carbocycles. The van der Waals surface area contributed by atoms with Crippen LogP contribution >= 0.6 is 0 Å². The lowest BCUT2D eigenvalue weighted by Gasteiger charge is -2.39. The van der Waals surface area contributed by atoms with Gasteiger partial charge >= 0.3 is 6.09 Å². The summed E-state index contributed by atoms with van der Waals surface area (Å²) in [6, 6.07) is 0.263. The average Bonchev–Trinajstić information content (AvgIpc) is 2.29. The molecule has 0 aromatic heterocycles. The molecular weight excluding hydrogens is 250 g/mol. The number of hydrogen-bond acceptors (Lipinski definition) is 2. The normalized spacial score (nSPS) is 18.9. The summed E-state index contributed by atoms with van der Waals surface area (Å²) in [5, 5.41) is 0. The van der Waals surface area contributed by atoms with Crippen LogP contribution < -0.4 is 0 Å². The first kappa shape index (κ1) is 16.9. The fraction of sp³-hybridized carbons (Fsp3) is 0.824. The van der Waals surface area contributed by atoms with E-state index in [-0.39, 0.29) is 12.1 Å². The van der Waals surface area contributed by atoms with E-state index in [9.17, 15) is 4.79 Å². The van der Waals surface area contributed by atoms with E-state index in [0.29, 0.717) is 12.0 Å². The Kier molecular flexibility index (Phi) is 5.50. The zero-order valence-electron chi connectivity index (χ0n) is 13.9. The molecule has 0 unspecified atom stereocenters. The van der Waals surface area contributed by atoms with Crippen molar-refractivity contribution in [2.45, 2.75) is 78.9 Å². The van der Waals surface area contributed by atoms with Gasteiger partial charge in [-0.2, -0.15) is 0 Å². The number of amides is 1. The van der Waals surface area contributed by atoms with Crippen molar-refractivity contribution in [3.63, 3.8) is 0 Å². The largest absolute Gasteiger partial charge is 0.444 e. The van der Waals surface area contributed by atoms with E-state index >= 15 is 0 Å². The Hall–Kier alpha value is -1.17. The van der Waals surface area contributed by atoms with Crippen molar-refractivity contribution < 1.29 is 9.53 Å². The van der Waals surface area contributed by atoms with E-state index in [1.54, 1.807) is 6.92 Å². The van der Waals surface area contributed by atoms with E-state index in [1.807, 2.05) is 25.7 Å². The summed E-state index contributed by atoms with van der Waals surface area (Å²) in [6.45, 7) is 12.6. The first-order valence-corrected chi connectivity index (χ1v) is 7.54.